The number of carbonyl (C=O) groups excluding carboxylic acids is 1. The average Bonchev–Trinajstić information content (AvgIpc) is 3.47. The summed E-state index contributed by atoms with van der Waals surface area (Å²) in [4.78, 5) is 15.3. The van der Waals surface area contributed by atoms with E-state index in [0.29, 0.717) is 24.8 Å². The monoisotopic (exact) mass is 375 g/mol. The van der Waals surface area contributed by atoms with E-state index in [-0.39, 0.29) is 5.91 Å². The molecule has 28 heavy (non-hydrogen) atoms. The van der Waals surface area contributed by atoms with Crippen molar-refractivity contribution in [3.63, 3.8) is 0 Å². The fourth-order valence-corrected chi connectivity index (χ4v) is 3.44. The highest BCUT2D eigenvalue weighted by atomic mass is 16.5. The van der Waals surface area contributed by atoms with Gasteiger partial charge in [0, 0.05) is 42.5 Å². The maximum Gasteiger partial charge on any atom is 0.254 e. The predicted octanol–water partition coefficient (Wildman–Crippen LogP) is 4.29. The highest BCUT2D eigenvalue weighted by Gasteiger charge is 2.33. The topological polar surface area (TPSA) is 47.4 Å². The minimum Gasteiger partial charge on any atom is -0.494 e. The smallest absolute Gasteiger partial charge is 0.254 e. The predicted molar refractivity (Wildman–Crippen MR) is 109 cm³/mol. The third kappa shape index (κ3) is 3.93. The van der Waals surface area contributed by atoms with Crippen molar-refractivity contribution in [3.05, 3.63) is 72.1 Å². The number of aromatic nitrogens is 2. The quantitative estimate of drug-likeness (QED) is 0.619. The molecule has 1 aromatic heterocycles. The molecule has 1 fully saturated rings. The molecular weight excluding hydrogens is 350 g/mol. The molecule has 0 aliphatic heterocycles. The number of aryl methyl sites for hydroxylation is 1. The molecule has 0 radical (unpaired) electrons. The molecule has 1 aliphatic rings. The van der Waals surface area contributed by atoms with Crippen LogP contribution in [0, 0.1) is 0 Å². The van der Waals surface area contributed by atoms with Crippen LogP contribution < -0.4 is 4.74 Å². The highest BCUT2D eigenvalue weighted by Crippen LogP contribution is 2.32. The molecule has 1 amide bonds. The zero-order chi connectivity index (χ0) is 19.5. The van der Waals surface area contributed by atoms with Crippen LogP contribution in [-0.2, 0) is 13.6 Å². The van der Waals surface area contributed by atoms with E-state index in [1.54, 1.807) is 4.68 Å². The second-order valence-electron chi connectivity index (χ2n) is 7.19. The van der Waals surface area contributed by atoms with Crippen molar-refractivity contribution in [1.82, 2.24) is 14.7 Å². The maximum absolute atomic E-state index is 13.4. The molecule has 144 valence electrons. The van der Waals surface area contributed by atoms with E-state index in [0.717, 1.165) is 35.3 Å². The van der Waals surface area contributed by atoms with Gasteiger partial charge in [-0.2, -0.15) is 5.10 Å². The Morgan fingerprint density at radius 1 is 1.18 bits per heavy atom. The molecule has 5 heteroatoms. The number of carbonyl (C=O) groups is 1. The summed E-state index contributed by atoms with van der Waals surface area (Å²) in [6.45, 7) is 3.16. The first kappa shape index (κ1) is 18.3. The number of amides is 1. The molecular formula is C23H25N3O2. The molecule has 0 unspecified atom stereocenters. The molecule has 1 heterocycles. The average molecular weight is 375 g/mol. The van der Waals surface area contributed by atoms with Gasteiger partial charge in [-0.15, -0.1) is 0 Å². The van der Waals surface area contributed by atoms with Crippen molar-refractivity contribution in [1.29, 1.82) is 0 Å². The Bertz CT molecular complexity index is 975. The maximum atomic E-state index is 13.4. The Hall–Kier alpha value is -3.08. The summed E-state index contributed by atoms with van der Waals surface area (Å²) in [5.41, 5.74) is 3.77. The fraction of sp³-hybridized carbons (Fsp3) is 0.304. The van der Waals surface area contributed by atoms with Gasteiger partial charge in [0.15, 0.2) is 0 Å². The van der Waals surface area contributed by atoms with E-state index in [1.165, 1.54) is 0 Å². The lowest BCUT2D eigenvalue weighted by molar-refractivity contribution is 0.0728. The second kappa shape index (κ2) is 7.89. The summed E-state index contributed by atoms with van der Waals surface area (Å²) in [5, 5.41) is 4.23. The number of nitrogens with zero attached hydrogens (tertiary/aromatic N) is 3. The van der Waals surface area contributed by atoms with E-state index < -0.39 is 0 Å². The zero-order valence-electron chi connectivity index (χ0n) is 16.3. The van der Waals surface area contributed by atoms with Gasteiger partial charge < -0.3 is 9.64 Å². The summed E-state index contributed by atoms with van der Waals surface area (Å²) in [7, 11) is 1.89. The van der Waals surface area contributed by atoms with Gasteiger partial charge in [-0.1, -0.05) is 30.3 Å². The Morgan fingerprint density at radius 3 is 2.71 bits per heavy atom. The van der Waals surface area contributed by atoms with Gasteiger partial charge >= 0.3 is 0 Å². The summed E-state index contributed by atoms with van der Waals surface area (Å²) < 4.78 is 7.52. The third-order valence-corrected chi connectivity index (χ3v) is 5.01. The normalized spacial score (nSPS) is 13.4. The van der Waals surface area contributed by atoms with E-state index in [1.807, 2.05) is 79.8 Å². The van der Waals surface area contributed by atoms with Crippen LogP contribution in [0.5, 0.6) is 5.75 Å². The molecule has 0 spiro atoms. The number of para-hydroxylation sites is 1. The number of hydrogen-bond donors (Lipinski definition) is 0. The van der Waals surface area contributed by atoms with Crippen LogP contribution in [-0.4, -0.2) is 33.2 Å². The standard InChI is InChI=1S/C23H25N3O2/c1-3-28-22-10-5-4-7-19(22)16-26(21-11-12-21)23(27)18-9-6-8-17(13-18)20-14-24-25(2)15-20/h4-10,13-15,21H,3,11-12,16H2,1-2H3. The molecule has 0 bridgehead atoms. The van der Waals surface area contributed by atoms with Crippen molar-refractivity contribution in [2.45, 2.75) is 32.4 Å². The van der Waals surface area contributed by atoms with Gasteiger partial charge in [-0.05, 0) is 43.5 Å². The third-order valence-electron chi connectivity index (χ3n) is 5.01. The van der Waals surface area contributed by atoms with Crippen molar-refractivity contribution < 1.29 is 9.53 Å². The van der Waals surface area contributed by atoms with Crippen molar-refractivity contribution in [2.75, 3.05) is 6.61 Å². The van der Waals surface area contributed by atoms with Crippen LogP contribution in [0.25, 0.3) is 11.1 Å². The van der Waals surface area contributed by atoms with E-state index in [2.05, 4.69) is 5.10 Å². The Balaban J connectivity index is 1.60. The largest absolute Gasteiger partial charge is 0.494 e. The number of benzene rings is 2. The van der Waals surface area contributed by atoms with Gasteiger partial charge in [0.05, 0.1) is 12.8 Å². The molecule has 5 nitrogen and oxygen atoms in total. The van der Waals surface area contributed by atoms with E-state index in [9.17, 15) is 4.79 Å². The van der Waals surface area contributed by atoms with Gasteiger partial charge in [-0.25, -0.2) is 0 Å². The lowest BCUT2D eigenvalue weighted by atomic mass is 10.0. The first-order valence-corrected chi connectivity index (χ1v) is 9.76. The van der Waals surface area contributed by atoms with E-state index >= 15 is 0 Å². The Morgan fingerprint density at radius 2 is 2.00 bits per heavy atom. The molecule has 2 aromatic carbocycles. The molecule has 3 aromatic rings. The van der Waals surface area contributed by atoms with E-state index in [4.69, 9.17) is 4.74 Å². The highest BCUT2D eigenvalue weighted by molar-refractivity contribution is 5.95. The minimum absolute atomic E-state index is 0.0690. The summed E-state index contributed by atoms with van der Waals surface area (Å²) >= 11 is 0. The Labute approximate surface area is 165 Å². The Kier molecular flexibility index (Phi) is 5.15. The van der Waals surface area contributed by atoms with Crippen molar-refractivity contribution in [2.24, 2.45) is 7.05 Å². The van der Waals surface area contributed by atoms with Crippen molar-refractivity contribution in [3.8, 4) is 16.9 Å². The summed E-state index contributed by atoms with van der Waals surface area (Å²) in [5.74, 6) is 0.923. The summed E-state index contributed by atoms with van der Waals surface area (Å²) in [6.07, 6.45) is 5.90. The van der Waals surface area contributed by atoms with Crippen LogP contribution >= 0.6 is 0 Å². The van der Waals surface area contributed by atoms with Crippen LogP contribution in [0.3, 0.4) is 0 Å². The van der Waals surface area contributed by atoms with Crippen LogP contribution in [0.15, 0.2) is 60.9 Å². The first-order chi connectivity index (χ1) is 13.7. The molecule has 0 atom stereocenters. The van der Waals surface area contributed by atoms with Gasteiger partial charge in [-0.3, -0.25) is 9.48 Å². The lowest BCUT2D eigenvalue weighted by Crippen LogP contribution is -2.32. The van der Waals surface area contributed by atoms with Crippen LogP contribution in [0.1, 0.15) is 35.7 Å². The van der Waals surface area contributed by atoms with Crippen molar-refractivity contribution >= 4 is 5.91 Å². The second-order valence-corrected chi connectivity index (χ2v) is 7.19. The minimum atomic E-state index is 0.0690. The SMILES string of the molecule is CCOc1ccccc1CN(C(=O)c1cccc(-c2cnn(C)c2)c1)C1CC1. The van der Waals surface area contributed by atoms with Gasteiger partial charge in [0.2, 0.25) is 0 Å². The molecule has 0 saturated heterocycles. The lowest BCUT2D eigenvalue weighted by Gasteiger charge is -2.24. The zero-order valence-corrected chi connectivity index (χ0v) is 16.3. The molecule has 1 saturated carbocycles. The number of hydrogen-bond acceptors (Lipinski definition) is 3. The number of ether oxygens (including phenoxy) is 1. The fourth-order valence-electron chi connectivity index (χ4n) is 3.44. The van der Waals surface area contributed by atoms with Gasteiger partial charge in [0.25, 0.3) is 5.91 Å². The van der Waals surface area contributed by atoms with Crippen LogP contribution in [0.4, 0.5) is 0 Å². The number of rotatable bonds is 7. The first-order valence-electron chi connectivity index (χ1n) is 9.76. The molecule has 1 aliphatic carbocycles. The van der Waals surface area contributed by atoms with Crippen LogP contribution in [0.2, 0.25) is 0 Å². The molecule has 0 N–H and O–H groups in total. The molecule has 4 rings (SSSR count). The summed E-state index contributed by atoms with van der Waals surface area (Å²) in [6, 6.07) is 16.1. The van der Waals surface area contributed by atoms with Gasteiger partial charge in [0.1, 0.15) is 5.75 Å².